The molecule has 4 nitrogen and oxygen atoms in total. The number of aliphatic hydroxyl groups excluding tert-OH is 1. The molecule has 0 amide bonds. The average molecular weight is 221 g/mol. The summed E-state index contributed by atoms with van der Waals surface area (Å²) in [6.45, 7) is 1.45. The predicted octanol–water partition coefficient (Wildman–Crippen LogP) is 1.70. The van der Waals surface area contributed by atoms with Gasteiger partial charge in [0.2, 0.25) is 0 Å². The van der Waals surface area contributed by atoms with E-state index in [1.165, 1.54) is 0 Å². The van der Waals surface area contributed by atoms with Crippen LogP contribution in [0, 0.1) is 0 Å². The van der Waals surface area contributed by atoms with Crippen molar-refractivity contribution in [1.82, 2.24) is 5.32 Å². The second kappa shape index (κ2) is 5.53. The van der Waals surface area contributed by atoms with Crippen molar-refractivity contribution in [1.29, 1.82) is 0 Å². The van der Waals surface area contributed by atoms with E-state index in [1.54, 1.807) is 12.3 Å². The molecule has 0 aliphatic carbocycles. The molecule has 2 aromatic rings. The zero-order valence-corrected chi connectivity index (χ0v) is 8.98. The molecule has 2 N–H and O–H groups in total. The molecule has 4 heteroatoms. The topological polar surface area (TPSA) is 58.5 Å². The third-order valence-corrected chi connectivity index (χ3v) is 2.30. The lowest BCUT2D eigenvalue weighted by Crippen LogP contribution is -2.15. The summed E-state index contributed by atoms with van der Waals surface area (Å²) in [4.78, 5) is 0. The van der Waals surface area contributed by atoms with Gasteiger partial charge in [0, 0.05) is 13.0 Å². The van der Waals surface area contributed by atoms with Crippen molar-refractivity contribution < 1.29 is 13.9 Å². The fourth-order valence-corrected chi connectivity index (χ4v) is 1.48. The van der Waals surface area contributed by atoms with Crippen LogP contribution in [0.5, 0.6) is 0 Å². The number of hydrogen-bond acceptors (Lipinski definition) is 4. The van der Waals surface area contributed by atoms with Crippen molar-refractivity contribution in [3.8, 4) is 0 Å². The third-order valence-electron chi connectivity index (χ3n) is 2.30. The zero-order chi connectivity index (χ0) is 11.2. The van der Waals surface area contributed by atoms with Gasteiger partial charge in [-0.25, -0.2) is 0 Å². The van der Waals surface area contributed by atoms with E-state index in [0.717, 1.165) is 24.5 Å². The fourth-order valence-electron chi connectivity index (χ4n) is 1.48. The van der Waals surface area contributed by atoms with Crippen molar-refractivity contribution in [2.45, 2.75) is 19.6 Å². The molecule has 0 radical (unpaired) electrons. The van der Waals surface area contributed by atoms with E-state index in [0.29, 0.717) is 12.3 Å². The van der Waals surface area contributed by atoms with Crippen molar-refractivity contribution in [2.75, 3.05) is 6.54 Å². The van der Waals surface area contributed by atoms with Gasteiger partial charge >= 0.3 is 0 Å². The molecular weight excluding hydrogens is 206 g/mol. The van der Waals surface area contributed by atoms with Gasteiger partial charge in [0.05, 0.1) is 12.8 Å². The Kier molecular flexibility index (Phi) is 3.80. The Hall–Kier alpha value is -1.52. The van der Waals surface area contributed by atoms with Crippen molar-refractivity contribution >= 4 is 0 Å². The standard InChI is InChI=1S/C12H15NO3/c14-9-12-4-3-11(16-12)8-13-6-5-10-2-1-7-15-10/h1-4,7,13-14H,5-6,8-9H2. The maximum atomic E-state index is 8.82. The summed E-state index contributed by atoms with van der Waals surface area (Å²) in [6.07, 6.45) is 2.54. The Labute approximate surface area is 93.9 Å². The lowest BCUT2D eigenvalue weighted by molar-refractivity contribution is 0.243. The van der Waals surface area contributed by atoms with E-state index in [2.05, 4.69) is 5.32 Å². The van der Waals surface area contributed by atoms with Gasteiger partial charge in [0.1, 0.15) is 23.9 Å². The van der Waals surface area contributed by atoms with E-state index in [1.807, 2.05) is 18.2 Å². The van der Waals surface area contributed by atoms with E-state index in [4.69, 9.17) is 13.9 Å². The second-order valence-electron chi connectivity index (χ2n) is 3.53. The molecule has 0 atom stereocenters. The Morgan fingerprint density at radius 1 is 1.12 bits per heavy atom. The van der Waals surface area contributed by atoms with E-state index >= 15 is 0 Å². The highest BCUT2D eigenvalue weighted by molar-refractivity contribution is 5.06. The van der Waals surface area contributed by atoms with Crippen LogP contribution >= 0.6 is 0 Å². The highest BCUT2D eigenvalue weighted by Crippen LogP contribution is 2.07. The van der Waals surface area contributed by atoms with E-state index < -0.39 is 0 Å². The van der Waals surface area contributed by atoms with Crippen molar-refractivity contribution in [3.05, 3.63) is 47.8 Å². The molecule has 0 saturated carbocycles. The van der Waals surface area contributed by atoms with Gasteiger partial charge in [0.25, 0.3) is 0 Å². The molecule has 0 aliphatic heterocycles. The summed E-state index contributed by atoms with van der Waals surface area (Å²) in [6, 6.07) is 7.49. The van der Waals surface area contributed by atoms with Gasteiger partial charge in [-0.15, -0.1) is 0 Å². The largest absolute Gasteiger partial charge is 0.469 e. The van der Waals surface area contributed by atoms with Crippen LogP contribution in [-0.4, -0.2) is 11.7 Å². The molecule has 16 heavy (non-hydrogen) atoms. The Morgan fingerprint density at radius 3 is 2.69 bits per heavy atom. The molecule has 0 aromatic carbocycles. The fraction of sp³-hybridized carbons (Fsp3) is 0.333. The zero-order valence-electron chi connectivity index (χ0n) is 8.98. The number of rotatable bonds is 6. The highest BCUT2D eigenvalue weighted by atomic mass is 16.4. The van der Waals surface area contributed by atoms with Crippen molar-refractivity contribution in [2.24, 2.45) is 0 Å². The van der Waals surface area contributed by atoms with Crippen LogP contribution in [0.3, 0.4) is 0 Å². The first-order chi connectivity index (χ1) is 7.88. The van der Waals surface area contributed by atoms with Crippen molar-refractivity contribution in [3.63, 3.8) is 0 Å². The first-order valence-electron chi connectivity index (χ1n) is 5.30. The van der Waals surface area contributed by atoms with Gasteiger partial charge in [-0.05, 0) is 24.3 Å². The summed E-state index contributed by atoms with van der Waals surface area (Å²) in [5.41, 5.74) is 0. The predicted molar refractivity (Wildman–Crippen MR) is 58.7 cm³/mol. The summed E-state index contributed by atoms with van der Waals surface area (Å²) in [5, 5.41) is 12.1. The summed E-state index contributed by atoms with van der Waals surface area (Å²) >= 11 is 0. The highest BCUT2D eigenvalue weighted by Gasteiger charge is 2.00. The first kappa shape index (κ1) is 11.0. The molecule has 2 heterocycles. The maximum Gasteiger partial charge on any atom is 0.129 e. The van der Waals surface area contributed by atoms with Crippen LogP contribution in [0.1, 0.15) is 17.3 Å². The van der Waals surface area contributed by atoms with Gasteiger partial charge in [-0.1, -0.05) is 0 Å². The first-order valence-corrected chi connectivity index (χ1v) is 5.30. The number of nitrogens with one attached hydrogen (secondary N) is 1. The van der Waals surface area contributed by atoms with Crippen LogP contribution in [0.4, 0.5) is 0 Å². The summed E-state index contributed by atoms with van der Waals surface area (Å²) in [5.74, 6) is 2.41. The molecule has 86 valence electrons. The molecule has 0 spiro atoms. The average Bonchev–Trinajstić information content (AvgIpc) is 2.95. The molecule has 0 saturated heterocycles. The minimum Gasteiger partial charge on any atom is -0.469 e. The molecule has 2 rings (SSSR count). The molecular formula is C12H15NO3. The second-order valence-corrected chi connectivity index (χ2v) is 3.53. The molecule has 0 fully saturated rings. The smallest absolute Gasteiger partial charge is 0.129 e. The van der Waals surface area contributed by atoms with Crippen LogP contribution in [0.2, 0.25) is 0 Å². The van der Waals surface area contributed by atoms with Gasteiger partial charge in [0.15, 0.2) is 0 Å². The van der Waals surface area contributed by atoms with E-state index in [9.17, 15) is 0 Å². The molecule has 0 bridgehead atoms. The van der Waals surface area contributed by atoms with Crippen LogP contribution in [0.15, 0.2) is 39.4 Å². The summed E-state index contributed by atoms with van der Waals surface area (Å²) < 4.78 is 10.5. The number of furan rings is 2. The normalized spacial score (nSPS) is 10.8. The van der Waals surface area contributed by atoms with E-state index in [-0.39, 0.29) is 6.61 Å². The lowest BCUT2D eigenvalue weighted by atomic mass is 10.3. The SMILES string of the molecule is OCc1ccc(CNCCc2ccco2)o1. The third kappa shape index (κ3) is 2.98. The van der Waals surface area contributed by atoms with Crippen LogP contribution < -0.4 is 5.32 Å². The monoisotopic (exact) mass is 221 g/mol. The quantitative estimate of drug-likeness (QED) is 0.729. The minimum atomic E-state index is -0.0492. The summed E-state index contributed by atoms with van der Waals surface area (Å²) in [7, 11) is 0. The molecule has 0 aliphatic rings. The van der Waals surface area contributed by atoms with Crippen LogP contribution in [0.25, 0.3) is 0 Å². The molecule has 2 aromatic heterocycles. The van der Waals surface area contributed by atoms with Crippen LogP contribution in [-0.2, 0) is 19.6 Å². The Balaban J connectivity index is 1.68. The van der Waals surface area contributed by atoms with Gasteiger partial charge < -0.3 is 19.3 Å². The van der Waals surface area contributed by atoms with Gasteiger partial charge in [-0.2, -0.15) is 0 Å². The maximum absolute atomic E-state index is 8.82. The Morgan fingerprint density at radius 2 is 2.00 bits per heavy atom. The lowest BCUT2D eigenvalue weighted by Gasteiger charge is -2.00. The van der Waals surface area contributed by atoms with Gasteiger partial charge in [-0.3, -0.25) is 0 Å². The number of hydrogen-bond donors (Lipinski definition) is 2. The molecule has 0 unspecified atom stereocenters. The Bertz CT molecular complexity index is 406. The minimum absolute atomic E-state index is 0.0492. The number of aliphatic hydroxyl groups is 1.